The van der Waals surface area contributed by atoms with Crippen LogP contribution in [0.1, 0.15) is 23.8 Å². The van der Waals surface area contributed by atoms with Crippen LogP contribution < -0.4 is 10.5 Å². The number of hydrogen-bond donors (Lipinski definition) is 1. The Hall–Kier alpha value is -2.15. The summed E-state index contributed by atoms with van der Waals surface area (Å²) in [7, 11) is 1.80. The van der Waals surface area contributed by atoms with Gasteiger partial charge < -0.3 is 4.90 Å². The lowest BCUT2D eigenvalue weighted by Gasteiger charge is -2.24. The van der Waals surface area contributed by atoms with Crippen molar-refractivity contribution in [3.05, 3.63) is 38.9 Å². The fourth-order valence-electron chi connectivity index (χ4n) is 2.95. The topological polar surface area (TPSA) is 66.8 Å². The first-order valence-corrected chi connectivity index (χ1v) is 7.84. The van der Waals surface area contributed by atoms with Crippen molar-refractivity contribution in [3.63, 3.8) is 0 Å². The molecule has 1 aliphatic rings. The highest BCUT2D eigenvalue weighted by molar-refractivity contribution is 7.10. The molecule has 108 valence electrons. The van der Waals surface area contributed by atoms with Gasteiger partial charge >= 0.3 is 0 Å². The van der Waals surface area contributed by atoms with Crippen molar-refractivity contribution in [3.8, 4) is 0 Å². The summed E-state index contributed by atoms with van der Waals surface area (Å²) in [5.74, 6) is 0.645. The van der Waals surface area contributed by atoms with Crippen LogP contribution in [0.15, 0.2) is 28.5 Å². The van der Waals surface area contributed by atoms with Gasteiger partial charge in [0.2, 0.25) is 5.95 Å². The summed E-state index contributed by atoms with van der Waals surface area (Å²) in [4.78, 5) is 23.2. The molecule has 0 aromatic carbocycles. The molecule has 3 aromatic rings. The van der Waals surface area contributed by atoms with Gasteiger partial charge in [-0.25, -0.2) is 0 Å². The zero-order chi connectivity index (χ0) is 14.4. The summed E-state index contributed by atoms with van der Waals surface area (Å²) < 4.78 is 1.64. The maximum atomic E-state index is 12.2. The van der Waals surface area contributed by atoms with E-state index in [9.17, 15) is 4.79 Å². The van der Waals surface area contributed by atoms with E-state index in [1.165, 1.54) is 4.88 Å². The number of aryl methyl sites for hydroxylation is 1. The normalized spacial score (nSPS) is 18.7. The van der Waals surface area contributed by atoms with Crippen molar-refractivity contribution in [2.75, 3.05) is 11.4 Å². The molecule has 0 bridgehead atoms. The van der Waals surface area contributed by atoms with Crippen molar-refractivity contribution in [2.24, 2.45) is 7.05 Å². The number of hydrogen-bond acceptors (Lipinski definition) is 5. The van der Waals surface area contributed by atoms with Gasteiger partial charge in [0.25, 0.3) is 5.56 Å². The number of H-pyrrole nitrogens is 1. The van der Waals surface area contributed by atoms with Crippen LogP contribution >= 0.6 is 11.3 Å². The Morgan fingerprint density at radius 2 is 2.38 bits per heavy atom. The summed E-state index contributed by atoms with van der Waals surface area (Å²) >= 11 is 1.75. The monoisotopic (exact) mass is 301 g/mol. The Kier molecular flexibility index (Phi) is 2.81. The van der Waals surface area contributed by atoms with Crippen LogP contribution in [0, 0.1) is 0 Å². The van der Waals surface area contributed by atoms with Crippen molar-refractivity contribution >= 4 is 28.3 Å². The van der Waals surface area contributed by atoms with E-state index >= 15 is 0 Å². The largest absolute Gasteiger partial charge is 0.334 e. The maximum Gasteiger partial charge on any atom is 0.263 e. The van der Waals surface area contributed by atoms with E-state index in [4.69, 9.17) is 0 Å². The molecule has 0 radical (unpaired) electrons. The van der Waals surface area contributed by atoms with Gasteiger partial charge in [-0.15, -0.1) is 11.3 Å². The van der Waals surface area contributed by atoms with Crippen LogP contribution in [0.4, 0.5) is 5.95 Å². The van der Waals surface area contributed by atoms with Crippen molar-refractivity contribution < 1.29 is 0 Å². The maximum absolute atomic E-state index is 12.2. The molecule has 1 saturated heterocycles. The molecular formula is C14H15N5OS. The summed E-state index contributed by atoms with van der Waals surface area (Å²) in [6.45, 7) is 0.912. The Balaban J connectivity index is 1.82. The van der Waals surface area contributed by atoms with E-state index in [2.05, 4.69) is 37.5 Å². The lowest BCUT2D eigenvalue weighted by molar-refractivity contribution is 0.711. The Morgan fingerprint density at radius 3 is 3.19 bits per heavy atom. The fraction of sp³-hybridized carbons (Fsp3) is 0.357. The number of thiophene rings is 1. The first-order chi connectivity index (χ1) is 10.2. The Labute approximate surface area is 125 Å². The minimum Gasteiger partial charge on any atom is -0.334 e. The molecule has 21 heavy (non-hydrogen) atoms. The smallest absolute Gasteiger partial charge is 0.263 e. The van der Waals surface area contributed by atoms with Gasteiger partial charge in [-0.05, 0) is 24.3 Å². The first kappa shape index (κ1) is 12.6. The third-order valence-corrected chi connectivity index (χ3v) is 4.96. The molecule has 4 heterocycles. The quantitative estimate of drug-likeness (QED) is 0.787. The van der Waals surface area contributed by atoms with E-state index in [0.717, 1.165) is 19.4 Å². The summed E-state index contributed by atoms with van der Waals surface area (Å²) in [5.41, 5.74) is 0.505. The van der Waals surface area contributed by atoms with Gasteiger partial charge in [-0.1, -0.05) is 6.07 Å². The zero-order valence-corrected chi connectivity index (χ0v) is 12.4. The molecule has 1 fully saturated rings. The minimum absolute atomic E-state index is 0.125. The van der Waals surface area contributed by atoms with Crippen molar-refractivity contribution in [2.45, 2.75) is 18.9 Å². The number of nitrogens with zero attached hydrogens (tertiary/aromatic N) is 4. The molecule has 0 spiro atoms. The molecule has 7 heteroatoms. The van der Waals surface area contributed by atoms with E-state index in [0.29, 0.717) is 23.0 Å². The molecule has 0 amide bonds. The third-order valence-electron chi connectivity index (χ3n) is 3.99. The second-order valence-corrected chi connectivity index (χ2v) is 6.24. The highest BCUT2D eigenvalue weighted by Gasteiger charge is 2.29. The molecule has 1 aliphatic heterocycles. The SMILES string of the molecule is Cn1ncc2c(=O)[nH]c(N3CCC[C@H]3c3cccs3)nc21. The third kappa shape index (κ3) is 1.96. The average molecular weight is 301 g/mol. The van der Waals surface area contributed by atoms with Crippen LogP contribution in [-0.4, -0.2) is 26.3 Å². The van der Waals surface area contributed by atoms with Crippen molar-refractivity contribution in [1.29, 1.82) is 0 Å². The molecule has 1 N–H and O–H groups in total. The summed E-state index contributed by atoms with van der Waals surface area (Å²) in [5, 5.41) is 6.74. The first-order valence-electron chi connectivity index (χ1n) is 6.96. The van der Waals surface area contributed by atoms with E-state index in [-0.39, 0.29) is 5.56 Å². The van der Waals surface area contributed by atoms with E-state index in [1.54, 1.807) is 29.3 Å². The summed E-state index contributed by atoms with van der Waals surface area (Å²) in [6.07, 6.45) is 3.76. The van der Waals surface area contributed by atoms with Crippen LogP contribution in [-0.2, 0) is 7.05 Å². The predicted molar refractivity (Wildman–Crippen MR) is 82.8 cm³/mol. The van der Waals surface area contributed by atoms with Gasteiger partial charge in [-0.3, -0.25) is 14.5 Å². The van der Waals surface area contributed by atoms with Gasteiger partial charge in [-0.2, -0.15) is 10.1 Å². The highest BCUT2D eigenvalue weighted by atomic mass is 32.1. The number of fused-ring (bicyclic) bond motifs is 1. The minimum atomic E-state index is -0.125. The lowest BCUT2D eigenvalue weighted by Crippen LogP contribution is -2.26. The number of aromatic nitrogens is 4. The summed E-state index contributed by atoms with van der Waals surface area (Å²) in [6, 6.07) is 4.52. The average Bonchev–Trinajstić information content (AvgIpc) is 3.17. The molecule has 4 rings (SSSR count). The van der Waals surface area contributed by atoms with Crippen LogP contribution in [0.5, 0.6) is 0 Å². The Bertz CT molecular complexity index is 835. The second kappa shape index (κ2) is 4.70. The predicted octanol–water partition coefficient (Wildman–Crippen LogP) is 2.06. The molecular weight excluding hydrogens is 286 g/mol. The number of rotatable bonds is 2. The van der Waals surface area contributed by atoms with E-state index < -0.39 is 0 Å². The molecule has 0 saturated carbocycles. The lowest BCUT2D eigenvalue weighted by atomic mass is 10.2. The molecule has 1 atom stereocenters. The van der Waals surface area contributed by atoms with Crippen LogP contribution in [0.2, 0.25) is 0 Å². The zero-order valence-electron chi connectivity index (χ0n) is 11.6. The molecule has 3 aromatic heterocycles. The van der Waals surface area contributed by atoms with Crippen LogP contribution in [0.25, 0.3) is 11.0 Å². The van der Waals surface area contributed by atoms with Crippen LogP contribution in [0.3, 0.4) is 0 Å². The molecule has 0 aliphatic carbocycles. The van der Waals surface area contributed by atoms with Gasteiger partial charge in [0, 0.05) is 18.5 Å². The fourth-order valence-corrected chi connectivity index (χ4v) is 3.83. The second-order valence-electron chi connectivity index (χ2n) is 5.26. The number of aromatic amines is 1. The standard InChI is InChI=1S/C14H15N5OS/c1-18-12-9(8-15-18)13(20)17-14(16-12)19-6-2-4-10(19)11-5-3-7-21-11/h3,5,7-8,10H,2,4,6H2,1H3,(H,16,17,20)/t10-/m0/s1. The van der Waals surface area contributed by atoms with Gasteiger partial charge in [0.15, 0.2) is 5.65 Å². The van der Waals surface area contributed by atoms with Crippen molar-refractivity contribution in [1.82, 2.24) is 19.7 Å². The van der Waals surface area contributed by atoms with Gasteiger partial charge in [0.1, 0.15) is 5.39 Å². The van der Waals surface area contributed by atoms with E-state index in [1.807, 2.05) is 0 Å². The van der Waals surface area contributed by atoms with Gasteiger partial charge in [0.05, 0.1) is 12.2 Å². The molecule has 0 unspecified atom stereocenters. The Morgan fingerprint density at radius 1 is 1.48 bits per heavy atom. The molecule has 6 nitrogen and oxygen atoms in total. The highest BCUT2D eigenvalue weighted by Crippen LogP contribution is 2.36. The number of anilines is 1. The number of nitrogens with one attached hydrogen (secondary N) is 1.